The van der Waals surface area contributed by atoms with Gasteiger partial charge in [0.05, 0.1) is 5.56 Å². The number of rotatable bonds is 6. The molecule has 10 nitrogen and oxygen atoms in total. The van der Waals surface area contributed by atoms with Crippen LogP contribution in [0.1, 0.15) is 50.3 Å². The van der Waals surface area contributed by atoms with E-state index < -0.39 is 0 Å². The number of likely N-dealkylation sites (tertiary alicyclic amines) is 1. The van der Waals surface area contributed by atoms with Crippen molar-refractivity contribution in [3.8, 4) is 22.9 Å². The highest BCUT2D eigenvalue weighted by Gasteiger charge is 2.29. The van der Waals surface area contributed by atoms with E-state index in [0.29, 0.717) is 29.5 Å². The number of nitrogens with two attached hydrogens (primary N) is 1. The van der Waals surface area contributed by atoms with Gasteiger partial charge in [0, 0.05) is 55.5 Å². The number of piperidine rings is 1. The fourth-order valence-electron chi connectivity index (χ4n) is 6.32. The highest BCUT2D eigenvalue weighted by molar-refractivity contribution is 5.88. The van der Waals surface area contributed by atoms with Crippen molar-refractivity contribution in [2.75, 3.05) is 18.8 Å². The number of fused-ring (bicyclic) bond motifs is 2. The third-order valence-electron chi connectivity index (χ3n) is 8.43. The minimum absolute atomic E-state index is 0.128. The Labute approximate surface area is 250 Å². The quantitative estimate of drug-likeness (QED) is 0.281. The van der Waals surface area contributed by atoms with Crippen molar-refractivity contribution >= 4 is 22.9 Å². The average Bonchev–Trinajstić information content (AvgIpc) is 3.76. The topological polar surface area (TPSA) is 120 Å². The number of aryl methyl sites for hydroxylation is 1. The molecule has 218 valence electrons. The molecule has 2 aliphatic rings. The van der Waals surface area contributed by atoms with E-state index in [1.54, 1.807) is 23.2 Å². The van der Waals surface area contributed by atoms with Crippen molar-refractivity contribution in [3.05, 3.63) is 89.9 Å². The minimum Gasteiger partial charge on any atom is -0.383 e. The zero-order valence-electron chi connectivity index (χ0n) is 24.4. The van der Waals surface area contributed by atoms with Crippen molar-refractivity contribution in [1.82, 2.24) is 39.5 Å². The number of pyridine rings is 2. The van der Waals surface area contributed by atoms with Gasteiger partial charge in [-0.25, -0.2) is 19.6 Å². The number of hydrogen-bond acceptors (Lipinski definition) is 7. The predicted octanol–water partition coefficient (Wildman–Crippen LogP) is 4.78. The number of nitrogen functional groups attached to an aromatic ring is 1. The summed E-state index contributed by atoms with van der Waals surface area (Å²) in [5.41, 5.74) is 13.3. The van der Waals surface area contributed by atoms with Gasteiger partial charge in [0.2, 0.25) is 5.91 Å². The number of amides is 1. The Morgan fingerprint density at radius 1 is 1.02 bits per heavy atom. The third-order valence-corrected chi connectivity index (χ3v) is 8.43. The molecule has 3 N–H and O–H groups in total. The maximum absolute atomic E-state index is 12.4. The largest absolute Gasteiger partial charge is 0.383 e. The van der Waals surface area contributed by atoms with Gasteiger partial charge in [-0.1, -0.05) is 11.6 Å². The normalized spacial score (nSPS) is 16.9. The summed E-state index contributed by atoms with van der Waals surface area (Å²) >= 11 is 0. The van der Waals surface area contributed by atoms with Crippen molar-refractivity contribution in [2.45, 2.75) is 51.6 Å². The first-order valence-corrected chi connectivity index (χ1v) is 14.9. The molecule has 0 radical (unpaired) electrons. The second-order valence-corrected chi connectivity index (χ2v) is 11.6. The molecule has 5 heterocycles. The van der Waals surface area contributed by atoms with Crippen LogP contribution >= 0.6 is 0 Å². The molecule has 43 heavy (non-hydrogen) atoms. The summed E-state index contributed by atoms with van der Waals surface area (Å²) in [7, 11) is 0. The summed E-state index contributed by atoms with van der Waals surface area (Å²) in [4.78, 5) is 28.7. The van der Waals surface area contributed by atoms with E-state index in [1.807, 2.05) is 55.3 Å². The fraction of sp³-hybridized carbons (Fsp3) is 0.303. The number of aromatic nitrogens is 6. The van der Waals surface area contributed by atoms with Gasteiger partial charge in [0.25, 0.3) is 0 Å². The predicted molar refractivity (Wildman–Crippen MR) is 167 cm³/mol. The summed E-state index contributed by atoms with van der Waals surface area (Å²) in [5.74, 6) is 1.96. The Morgan fingerprint density at radius 2 is 1.88 bits per heavy atom. The number of carbonyl (C=O) groups excluding carboxylic acids is 1. The number of carbonyl (C=O) groups is 1. The Hall–Kier alpha value is -4.83. The number of nitrogens with zero attached hydrogens (tertiary/aromatic N) is 7. The van der Waals surface area contributed by atoms with E-state index in [0.717, 1.165) is 66.8 Å². The number of nitrogens with one attached hydrogen (secondary N) is 1. The monoisotopic (exact) mass is 573 g/mol. The maximum Gasteiger partial charge on any atom is 0.246 e. The molecule has 7 rings (SSSR count). The van der Waals surface area contributed by atoms with Gasteiger partial charge in [-0.05, 0) is 93.1 Å². The second-order valence-electron chi connectivity index (χ2n) is 11.6. The number of benzene rings is 1. The Morgan fingerprint density at radius 3 is 2.65 bits per heavy atom. The summed E-state index contributed by atoms with van der Waals surface area (Å²) in [6.07, 6.45) is 11.0. The van der Waals surface area contributed by atoms with Crippen molar-refractivity contribution < 1.29 is 4.79 Å². The molecule has 1 fully saturated rings. The zero-order valence-corrected chi connectivity index (χ0v) is 24.4. The van der Waals surface area contributed by atoms with E-state index in [-0.39, 0.29) is 5.91 Å². The lowest BCUT2D eigenvalue weighted by molar-refractivity contribution is -0.127. The molecule has 1 aromatic carbocycles. The first kappa shape index (κ1) is 27.0. The van der Waals surface area contributed by atoms with Crippen molar-refractivity contribution in [3.63, 3.8) is 0 Å². The smallest absolute Gasteiger partial charge is 0.246 e. The minimum atomic E-state index is 0.128. The summed E-state index contributed by atoms with van der Waals surface area (Å²) in [6.45, 7) is 5.52. The molecule has 1 unspecified atom stereocenters. The molecule has 1 aliphatic heterocycles. The summed E-state index contributed by atoms with van der Waals surface area (Å²) < 4.78 is 3.83. The lowest BCUT2D eigenvalue weighted by atomic mass is 10.0. The van der Waals surface area contributed by atoms with Gasteiger partial charge in [0.1, 0.15) is 11.3 Å². The van der Waals surface area contributed by atoms with Crippen LogP contribution < -0.4 is 11.1 Å². The molecule has 10 heteroatoms. The van der Waals surface area contributed by atoms with Gasteiger partial charge in [-0.3, -0.25) is 9.36 Å². The standard InChI is InChI=1S/C33H35N9O/c1-21(2)19-30(43)40-17-12-23(13-18-40)37-27-9-6-22-20-24(7-8-25(22)27)42-32(26-5-3-14-35-31(26)34)38-28-10-11-29(39-33(28)42)41-16-4-15-36-41/h3-5,7-8,10-11,14-16,19-20,23,27,37H,6,9,12-13,17-18H2,1-2H3,(H2,34,35). The number of allylic oxidation sites excluding steroid dienone is 1. The number of anilines is 1. The molecule has 1 amide bonds. The zero-order chi connectivity index (χ0) is 29.5. The molecule has 1 saturated heterocycles. The Kier molecular flexibility index (Phi) is 6.98. The van der Waals surface area contributed by atoms with Crippen molar-refractivity contribution in [1.29, 1.82) is 0 Å². The van der Waals surface area contributed by atoms with Gasteiger partial charge < -0.3 is 16.0 Å². The molecule has 4 aromatic heterocycles. The van der Waals surface area contributed by atoms with Crippen LogP contribution in [0.15, 0.2) is 78.8 Å². The van der Waals surface area contributed by atoms with E-state index in [9.17, 15) is 4.79 Å². The van der Waals surface area contributed by atoms with Crippen molar-refractivity contribution in [2.24, 2.45) is 0 Å². The maximum atomic E-state index is 12.4. The van der Waals surface area contributed by atoms with E-state index >= 15 is 0 Å². The van der Waals surface area contributed by atoms with Gasteiger partial charge >= 0.3 is 0 Å². The molecule has 0 spiro atoms. The Bertz CT molecular complexity index is 1830. The Balaban J connectivity index is 1.19. The van der Waals surface area contributed by atoms with Gasteiger partial charge in [-0.15, -0.1) is 0 Å². The second kappa shape index (κ2) is 11.1. The summed E-state index contributed by atoms with van der Waals surface area (Å²) in [5, 5.41) is 8.27. The van der Waals surface area contributed by atoms with E-state index in [1.165, 1.54) is 11.1 Å². The van der Waals surface area contributed by atoms with Crippen LogP contribution in [-0.2, 0) is 11.2 Å². The SMILES string of the molecule is CC(C)=CC(=O)N1CCC(NC2CCc3cc(-n4c(-c5cccnc5N)nc5ccc(-n6cccn6)nc54)ccc32)CC1. The molecular weight excluding hydrogens is 538 g/mol. The van der Waals surface area contributed by atoms with Crippen LogP contribution in [0.4, 0.5) is 5.82 Å². The van der Waals surface area contributed by atoms with Crippen LogP contribution in [0, 0.1) is 0 Å². The number of imidazole rings is 1. The molecule has 0 saturated carbocycles. The molecule has 5 aromatic rings. The van der Waals surface area contributed by atoms with Crippen LogP contribution in [-0.4, -0.2) is 59.2 Å². The highest BCUT2D eigenvalue weighted by Crippen LogP contribution is 2.36. The van der Waals surface area contributed by atoms with Crippen LogP contribution in [0.2, 0.25) is 0 Å². The van der Waals surface area contributed by atoms with E-state index in [2.05, 4.69) is 38.2 Å². The first-order chi connectivity index (χ1) is 20.9. The summed E-state index contributed by atoms with van der Waals surface area (Å²) in [6, 6.07) is 16.9. The van der Waals surface area contributed by atoms with Crippen LogP contribution in [0.5, 0.6) is 0 Å². The molecular formula is C33H35N9O. The van der Waals surface area contributed by atoms with Gasteiger partial charge in [0.15, 0.2) is 17.3 Å². The van der Waals surface area contributed by atoms with Crippen LogP contribution in [0.3, 0.4) is 0 Å². The fourth-order valence-corrected chi connectivity index (χ4v) is 6.32. The molecule has 1 atom stereocenters. The average molecular weight is 574 g/mol. The molecule has 0 bridgehead atoms. The lowest BCUT2D eigenvalue weighted by Crippen LogP contribution is -2.45. The molecule has 1 aliphatic carbocycles. The van der Waals surface area contributed by atoms with Gasteiger partial charge in [-0.2, -0.15) is 5.10 Å². The first-order valence-electron chi connectivity index (χ1n) is 14.9. The van der Waals surface area contributed by atoms with E-state index in [4.69, 9.17) is 15.7 Å². The number of hydrogen-bond donors (Lipinski definition) is 2. The highest BCUT2D eigenvalue weighted by atomic mass is 16.2. The van der Waals surface area contributed by atoms with Crippen LogP contribution in [0.25, 0.3) is 34.1 Å². The lowest BCUT2D eigenvalue weighted by Gasteiger charge is -2.33. The third kappa shape index (κ3) is 5.18.